The van der Waals surface area contributed by atoms with Gasteiger partial charge in [-0.1, -0.05) is 55.7 Å². The van der Waals surface area contributed by atoms with Gasteiger partial charge < -0.3 is 9.47 Å². The molecule has 0 aromatic heterocycles. The number of ether oxygens (including phenoxy) is 2. The van der Waals surface area contributed by atoms with Crippen molar-refractivity contribution >= 4 is 47.2 Å². The van der Waals surface area contributed by atoms with E-state index >= 15 is 0 Å². The molecule has 2 atom stereocenters. The van der Waals surface area contributed by atoms with E-state index in [4.69, 9.17) is 9.47 Å². The van der Waals surface area contributed by atoms with E-state index in [2.05, 4.69) is 0 Å². The maximum absolute atomic E-state index is 14.5. The molecule has 6 rings (SSSR count). The van der Waals surface area contributed by atoms with Crippen molar-refractivity contribution in [3.05, 3.63) is 153 Å². The summed E-state index contributed by atoms with van der Waals surface area (Å²) >= 11 is 0. The summed E-state index contributed by atoms with van der Waals surface area (Å²) < 4.78 is 94.1. The zero-order chi connectivity index (χ0) is 53.4. The Morgan fingerprint density at radius 2 is 0.890 bits per heavy atom. The van der Waals surface area contributed by atoms with Gasteiger partial charge in [-0.25, -0.2) is 19.2 Å². The second-order valence-corrected chi connectivity index (χ2v) is 16.8. The molecule has 0 aliphatic carbocycles. The zero-order valence-corrected chi connectivity index (χ0v) is 40.0. The van der Waals surface area contributed by atoms with E-state index in [0.717, 1.165) is 56.0 Å². The number of halogens is 6. The van der Waals surface area contributed by atoms with Crippen molar-refractivity contribution in [2.75, 3.05) is 23.0 Å². The van der Waals surface area contributed by atoms with Crippen molar-refractivity contribution in [2.45, 2.75) is 97.1 Å². The summed E-state index contributed by atoms with van der Waals surface area (Å²) in [7, 11) is 0. The Labute approximate surface area is 416 Å². The molecule has 380 valence electrons. The summed E-state index contributed by atoms with van der Waals surface area (Å²) in [5.41, 5.74) is -2.35. The number of carbonyl (C=O) groups excluding carboxylic acids is 6. The lowest BCUT2D eigenvalue weighted by Gasteiger charge is -2.42. The molecule has 14 nitrogen and oxygen atoms in total. The Kier molecular flexibility index (Phi) is 16.9. The highest BCUT2D eigenvalue weighted by molar-refractivity contribution is 6.11. The fourth-order valence-corrected chi connectivity index (χ4v) is 8.74. The summed E-state index contributed by atoms with van der Waals surface area (Å²) in [6.45, 7) is 5.52. The number of hydrogen-bond donors (Lipinski definition) is 0. The topological polar surface area (TPSA) is 181 Å². The minimum absolute atomic E-state index is 0.0863. The number of nitriles is 2. The molecule has 2 unspecified atom stereocenters. The van der Waals surface area contributed by atoms with Crippen molar-refractivity contribution in [1.29, 1.82) is 10.5 Å². The van der Waals surface area contributed by atoms with E-state index in [-0.39, 0.29) is 95.1 Å². The molecule has 4 aromatic rings. The number of hydrogen-bond acceptors (Lipinski definition) is 10. The van der Waals surface area contributed by atoms with E-state index in [0.29, 0.717) is 19.3 Å². The highest BCUT2D eigenvalue weighted by Gasteiger charge is 2.48. The molecule has 20 heteroatoms. The Morgan fingerprint density at radius 1 is 0.548 bits per heavy atom. The van der Waals surface area contributed by atoms with E-state index in [9.17, 15) is 65.6 Å². The summed E-state index contributed by atoms with van der Waals surface area (Å²) in [4.78, 5) is 88.5. The van der Waals surface area contributed by atoms with Gasteiger partial charge in [0.05, 0.1) is 70.1 Å². The number of urea groups is 2. The molecule has 0 saturated heterocycles. The summed E-state index contributed by atoms with van der Waals surface area (Å²) in [6.07, 6.45) is -8.78. The van der Waals surface area contributed by atoms with Crippen LogP contribution in [-0.2, 0) is 41.0 Å². The predicted molar refractivity (Wildman–Crippen MR) is 251 cm³/mol. The van der Waals surface area contributed by atoms with E-state index < -0.39 is 71.4 Å². The van der Waals surface area contributed by atoms with Crippen LogP contribution in [0.25, 0.3) is 0 Å². The minimum atomic E-state index is -4.80. The first-order valence-corrected chi connectivity index (χ1v) is 23.1. The zero-order valence-electron chi connectivity index (χ0n) is 40.0. The van der Waals surface area contributed by atoms with Crippen molar-refractivity contribution in [1.82, 2.24) is 9.80 Å². The molecule has 6 amide bonds. The van der Waals surface area contributed by atoms with Gasteiger partial charge in [0.25, 0.3) is 0 Å². The lowest BCUT2D eigenvalue weighted by atomic mass is 9.91. The number of alkyl halides is 6. The monoisotopic (exact) mass is 1010 g/mol. The van der Waals surface area contributed by atoms with Crippen molar-refractivity contribution in [3.63, 3.8) is 0 Å². The van der Waals surface area contributed by atoms with Gasteiger partial charge >= 0.3 is 36.4 Å². The molecular formula is C53H48F6N6O8. The van der Waals surface area contributed by atoms with E-state index in [1.165, 1.54) is 88.4 Å². The SMILES string of the molecule is CCOC(=O)C1=C(C)N(c2cccc(C(F)(F)F)c2)C(=O)N(C(=O)CCCCCCCC(=O)N2C(=O)N(c3cccc(C(F)(F)F)c3)C(C)=C(C(=O)OCC)C2c2ccc(C#N)cc2)C1c1ccc(C#N)cc1. The Balaban J connectivity index is 1.23. The maximum Gasteiger partial charge on any atom is 0.416 e. The number of unbranched alkanes of at least 4 members (excludes halogenated alkanes) is 4. The summed E-state index contributed by atoms with van der Waals surface area (Å²) in [5.74, 6) is -3.45. The average molecular weight is 1010 g/mol. The Hall–Kier alpha value is -8.26. The fourth-order valence-electron chi connectivity index (χ4n) is 8.74. The number of carbonyl (C=O) groups is 6. The fraction of sp³-hybridized carbons (Fsp3) is 0.321. The van der Waals surface area contributed by atoms with Gasteiger partial charge in [-0.2, -0.15) is 36.9 Å². The van der Waals surface area contributed by atoms with Gasteiger partial charge in [-0.15, -0.1) is 0 Å². The lowest BCUT2D eigenvalue weighted by Crippen LogP contribution is -2.53. The van der Waals surface area contributed by atoms with Gasteiger partial charge in [-0.3, -0.25) is 29.2 Å². The summed E-state index contributed by atoms with van der Waals surface area (Å²) in [5, 5.41) is 18.9. The molecule has 0 fully saturated rings. The number of rotatable bonds is 16. The molecule has 4 aromatic carbocycles. The number of anilines is 2. The van der Waals surface area contributed by atoms with Gasteiger partial charge in [0.15, 0.2) is 0 Å². The molecule has 0 saturated carbocycles. The van der Waals surface area contributed by atoms with Crippen LogP contribution in [0.1, 0.15) is 118 Å². The number of nitrogens with zero attached hydrogens (tertiary/aromatic N) is 6. The highest BCUT2D eigenvalue weighted by Crippen LogP contribution is 2.44. The molecule has 2 aliphatic heterocycles. The van der Waals surface area contributed by atoms with Crippen LogP contribution in [0.3, 0.4) is 0 Å². The molecular weight excluding hydrogens is 963 g/mol. The smallest absolute Gasteiger partial charge is 0.416 e. The summed E-state index contributed by atoms with van der Waals surface area (Å²) in [6, 6.07) is 18.2. The number of esters is 2. The number of allylic oxidation sites excluding steroid dienone is 2. The normalized spacial score (nSPS) is 16.3. The second-order valence-electron chi connectivity index (χ2n) is 16.8. The van der Waals surface area contributed by atoms with Gasteiger partial charge in [0, 0.05) is 24.2 Å². The first kappa shape index (κ1) is 54.1. The first-order valence-electron chi connectivity index (χ1n) is 23.1. The predicted octanol–water partition coefficient (Wildman–Crippen LogP) is 11.6. The molecule has 73 heavy (non-hydrogen) atoms. The van der Waals surface area contributed by atoms with Crippen LogP contribution in [0.15, 0.2) is 120 Å². The minimum Gasteiger partial charge on any atom is -0.463 e. The Morgan fingerprint density at radius 3 is 1.21 bits per heavy atom. The standard InChI is InChI=1S/C53H48F6N6O8/c1-5-72-48(68)44-32(3)62(40-16-12-14-38(28-40)52(54,55)56)50(70)64(46(44)36-24-20-34(30-60)21-25-36)42(66)18-10-8-7-9-11-19-43(67)65-47(37-26-22-35(31-61)23-27-37)45(49(69)73-6-2)33(4)63(51(65)71)41-17-13-15-39(29-41)53(57,58)59/h12-17,20-29,46-47H,5-11,18-19H2,1-4H3. The lowest BCUT2D eigenvalue weighted by molar-refractivity contribution is -0.141. The van der Waals surface area contributed by atoms with Crippen LogP contribution in [0.5, 0.6) is 0 Å². The molecule has 0 bridgehead atoms. The molecule has 2 heterocycles. The van der Waals surface area contributed by atoms with Crippen LogP contribution in [0, 0.1) is 22.7 Å². The van der Waals surface area contributed by atoms with Crippen LogP contribution in [0.4, 0.5) is 47.3 Å². The largest absolute Gasteiger partial charge is 0.463 e. The van der Waals surface area contributed by atoms with Crippen molar-refractivity contribution in [2.24, 2.45) is 0 Å². The number of benzene rings is 4. The van der Waals surface area contributed by atoms with Crippen LogP contribution in [-0.4, -0.2) is 58.8 Å². The highest BCUT2D eigenvalue weighted by atomic mass is 19.4. The van der Waals surface area contributed by atoms with Crippen molar-refractivity contribution in [3.8, 4) is 12.1 Å². The van der Waals surface area contributed by atoms with Gasteiger partial charge in [0.1, 0.15) is 12.1 Å². The van der Waals surface area contributed by atoms with Crippen molar-refractivity contribution < 1.29 is 64.6 Å². The first-order chi connectivity index (χ1) is 34.7. The second kappa shape index (κ2) is 22.9. The number of amides is 6. The third-order valence-corrected chi connectivity index (χ3v) is 12.2. The van der Waals surface area contributed by atoms with Gasteiger partial charge in [0.2, 0.25) is 11.8 Å². The van der Waals surface area contributed by atoms with E-state index in [1.807, 2.05) is 12.1 Å². The van der Waals surface area contributed by atoms with Crippen LogP contribution in [0.2, 0.25) is 0 Å². The Bertz CT molecular complexity index is 2740. The third-order valence-electron chi connectivity index (χ3n) is 12.2. The van der Waals surface area contributed by atoms with Gasteiger partial charge in [-0.05, 0) is 112 Å². The average Bonchev–Trinajstić information content (AvgIpc) is 3.35. The number of imide groups is 2. The van der Waals surface area contributed by atoms with Crippen LogP contribution >= 0.6 is 0 Å². The third kappa shape index (κ3) is 11.8. The maximum atomic E-state index is 14.5. The quantitative estimate of drug-likeness (QED) is 0.0595. The van der Waals surface area contributed by atoms with E-state index in [1.54, 1.807) is 0 Å². The molecule has 0 radical (unpaired) electrons. The molecule has 2 aliphatic rings. The molecule has 0 spiro atoms. The van der Waals surface area contributed by atoms with Crippen LogP contribution < -0.4 is 9.80 Å². The molecule has 0 N–H and O–H groups in total.